The summed E-state index contributed by atoms with van der Waals surface area (Å²) >= 11 is 0. The first-order valence-electron chi connectivity index (χ1n) is 12.9. The molecular weight excluding hydrogens is 508 g/mol. The third-order valence-electron chi connectivity index (χ3n) is 7.80. The summed E-state index contributed by atoms with van der Waals surface area (Å²) in [4.78, 5) is 24.5. The molecule has 0 fully saturated rings. The fraction of sp³-hybridized carbons (Fsp3) is 0.212. The number of hydrogen-bond acceptors (Lipinski definition) is 5. The summed E-state index contributed by atoms with van der Waals surface area (Å²) < 4.78 is 5.95. The predicted octanol–water partition coefficient (Wildman–Crippen LogP) is 7.33. The van der Waals surface area contributed by atoms with Gasteiger partial charge >= 0.3 is 11.9 Å². The van der Waals surface area contributed by atoms with E-state index in [0.717, 1.165) is 16.7 Å². The molecule has 0 saturated carbocycles. The maximum Gasteiger partial charge on any atom is 0.339 e. The van der Waals surface area contributed by atoms with Crippen LogP contribution in [0.3, 0.4) is 0 Å². The van der Waals surface area contributed by atoms with Gasteiger partial charge in [-0.1, -0.05) is 64.1 Å². The number of aromatic carboxylic acids is 2. The van der Waals surface area contributed by atoms with E-state index in [4.69, 9.17) is 4.74 Å². The lowest BCUT2D eigenvalue weighted by Crippen LogP contribution is -2.23. The van der Waals surface area contributed by atoms with Crippen LogP contribution in [0.2, 0.25) is 0 Å². The highest BCUT2D eigenvalue weighted by Crippen LogP contribution is 2.40. The quantitative estimate of drug-likeness (QED) is 0.175. The Hall–Kier alpha value is -4.78. The molecule has 0 aliphatic carbocycles. The average molecular weight is 541 g/mol. The van der Waals surface area contributed by atoms with Gasteiger partial charge in [-0.2, -0.15) is 0 Å². The maximum atomic E-state index is 12.3. The van der Waals surface area contributed by atoms with Gasteiger partial charge in [-0.05, 0) is 77.2 Å². The number of carboxylic acid groups (broad SMARTS) is 2. The normalized spacial score (nSPS) is 12.9. The first-order chi connectivity index (χ1) is 18.9. The van der Waals surface area contributed by atoms with E-state index in [1.165, 1.54) is 12.1 Å². The summed E-state index contributed by atoms with van der Waals surface area (Å²) in [7, 11) is 0. The summed E-state index contributed by atoms with van der Waals surface area (Å²) in [6.07, 6.45) is 0.665. The molecule has 4 aromatic rings. The number of carboxylic acids is 2. The number of phenols is 2. The van der Waals surface area contributed by atoms with Crippen LogP contribution in [-0.4, -0.2) is 32.4 Å². The second-order valence-corrected chi connectivity index (χ2v) is 10.5. The molecule has 0 saturated heterocycles. The molecule has 0 aromatic heterocycles. The van der Waals surface area contributed by atoms with Crippen molar-refractivity contribution in [1.29, 1.82) is 0 Å². The topological polar surface area (TPSA) is 124 Å². The molecule has 4 N–H and O–H groups in total. The molecule has 1 unspecified atom stereocenters. The van der Waals surface area contributed by atoms with Gasteiger partial charge in [0.2, 0.25) is 0 Å². The Morgan fingerprint density at radius 1 is 0.625 bits per heavy atom. The highest BCUT2D eigenvalue weighted by atomic mass is 16.5. The molecule has 0 amide bonds. The summed E-state index contributed by atoms with van der Waals surface area (Å²) in [5.41, 5.74) is 1.93. The van der Waals surface area contributed by atoms with Crippen molar-refractivity contribution >= 4 is 11.9 Å². The van der Waals surface area contributed by atoms with Crippen LogP contribution in [0.4, 0.5) is 0 Å². The smallest absolute Gasteiger partial charge is 0.339 e. The van der Waals surface area contributed by atoms with Gasteiger partial charge in [0, 0.05) is 10.8 Å². The first kappa shape index (κ1) is 28.2. The van der Waals surface area contributed by atoms with Gasteiger partial charge in [0.1, 0.15) is 34.1 Å². The Labute approximate surface area is 233 Å². The summed E-state index contributed by atoms with van der Waals surface area (Å²) in [5.74, 6) is -2.10. The van der Waals surface area contributed by atoms with Gasteiger partial charge in [0.05, 0.1) is 0 Å². The zero-order chi connectivity index (χ0) is 29.2. The van der Waals surface area contributed by atoms with Gasteiger partial charge < -0.3 is 25.2 Å². The van der Waals surface area contributed by atoms with Crippen LogP contribution in [0.25, 0.3) is 0 Å². The molecule has 4 rings (SSSR count). The fourth-order valence-corrected chi connectivity index (χ4v) is 4.87. The molecule has 7 nitrogen and oxygen atoms in total. The Balaban J connectivity index is 1.74. The number of rotatable bonds is 9. The molecule has 0 bridgehead atoms. The summed E-state index contributed by atoms with van der Waals surface area (Å²) in [5, 5.41) is 39.4. The van der Waals surface area contributed by atoms with E-state index in [2.05, 4.69) is 0 Å². The van der Waals surface area contributed by atoms with Crippen LogP contribution >= 0.6 is 0 Å². The molecule has 0 aliphatic rings. The molecular formula is C33H32O7. The number of carbonyl (C=O) groups is 2. The SMILES string of the molecule is CCC(C)(c1ccc(O)cc1)c1ccc(Oc2ccc(C(C)(C)c3ccc(O)cc3)cc2C(=O)O)c(C(=O)O)c1. The van der Waals surface area contributed by atoms with Crippen LogP contribution in [0.5, 0.6) is 23.0 Å². The molecule has 4 aromatic carbocycles. The molecule has 1 atom stereocenters. The monoisotopic (exact) mass is 540 g/mol. The van der Waals surface area contributed by atoms with E-state index in [0.29, 0.717) is 12.0 Å². The molecule has 0 heterocycles. The second kappa shape index (κ2) is 10.8. The Morgan fingerprint density at radius 2 is 1.02 bits per heavy atom. The maximum absolute atomic E-state index is 12.3. The third-order valence-corrected chi connectivity index (χ3v) is 7.80. The Bertz CT molecular complexity index is 1550. The van der Waals surface area contributed by atoms with Gasteiger partial charge in [0.25, 0.3) is 0 Å². The van der Waals surface area contributed by atoms with Crippen LogP contribution in [0.1, 0.15) is 77.1 Å². The van der Waals surface area contributed by atoms with E-state index in [1.807, 2.05) is 39.8 Å². The molecule has 0 spiro atoms. The molecule has 0 aliphatic heterocycles. The summed E-state index contributed by atoms with van der Waals surface area (Å²) in [6, 6.07) is 23.2. The van der Waals surface area contributed by atoms with Gasteiger partial charge in [0.15, 0.2) is 0 Å². The molecule has 0 radical (unpaired) electrons. The Kier molecular flexibility index (Phi) is 7.60. The van der Waals surface area contributed by atoms with Crippen molar-refractivity contribution in [2.24, 2.45) is 0 Å². The highest BCUT2D eigenvalue weighted by Gasteiger charge is 2.30. The second-order valence-electron chi connectivity index (χ2n) is 10.5. The summed E-state index contributed by atoms with van der Waals surface area (Å²) in [6.45, 7) is 7.89. The third kappa shape index (κ3) is 5.36. The standard InChI is InChI=1S/C33H32O7/c1-5-33(4,21-8-14-25(35)15-9-21)23-11-17-29(27(19-23)31(38)39)40-28-16-10-22(18-26(28)30(36)37)32(2,3)20-6-12-24(34)13-7-20/h6-19,34-35H,5H2,1-4H3,(H,36,37)(H,38,39). The molecule has 206 valence electrons. The van der Waals surface area contributed by atoms with Gasteiger partial charge in [-0.3, -0.25) is 0 Å². The lowest BCUT2D eigenvalue weighted by Gasteiger charge is -2.30. The minimum absolute atomic E-state index is 0.0183. The fourth-order valence-electron chi connectivity index (χ4n) is 4.87. The van der Waals surface area contributed by atoms with Gasteiger partial charge in [-0.15, -0.1) is 0 Å². The first-order valence-corrected chi connectivity index (χ1v) is 12.9. The lowest BCUT2D eigenvalue weighted by molar-refractivity contribution is 0.0687. The van der Waals surface area contributed by atoms with E-state index in [9.17, 15) is 30.0 Å². The lowest BCUT2D eigenvalue weighted by atomic mass is 9.74. The zero-order valence-corrected chi connectivity index (χ0v) is 22.8. The van der Waals surface area contributed by atoms with E-state index in [-0.39, 0.29) is 34.1 Å². The van der Waals surface area contributed by atoms with Gasteiger partial charge in [-0.25, -0.2) is 9.59 Å². The predicted molar refractivity (Wildman–Crippen MR) is 152 cm³/mol. The van der Waals surface area contributed by atoms with Crippen molar-refractivity contribution in [3.8, 4) is 23.0 Å². The average Bonchev–Trinajstić information content (AvgIpc) is 2.93. The largest absolute Gasteiger partial charge is 0.508 e. The highest BCUT2D eigenvalue weighted by molar-refractivity contribution is 5.93. The van der Waals surface area contributed by atoms with Crippen molar-refractivity contribution in [2.75, 3.05) is 0 Å². The van der Waals surface area contributed by atoms with Crippen LogP contribution in [-0.2, 0) is 10.8 Å². The van der Waals surface area contributed by atoms with Crippen LogP contribution in [0, 0.1) is 0 Å². The van der Waals surface area contributed by atoms with Crippen molar-refractivity contribution in [1.82, 2.24) is 0 Å². The van der Waals surface area contributed by atoms with E-state index < -0.39 is 22.8 Å². The number of phenolic OH excluding ortho intramolecular Hbond substituents is 2. The number of aromatic hydroxyl groups is 2. The van der Waals surface area contributed by atoms with E-state index >= 15 is 0 Å². The van der Waals surface area contributed by atoms with Crippen LogP contribution < -0.4 is 4.74 Å². The number of ether oxygens (including phenoxy) is 1. The van der Waals surface area contributed by atoms with Crippen LogP contribution in [0.15, 0.2) is 84.9 Å². The van der Waals surface area contributed by atoms with Crippen molar-refractivity contribution in [2.45, 2.75) is 44.9 Å². The number of hydrogen-bond donors (Lipinski definition) is 4. The zero-order valence-electron chi connectivity index (χ0n) is 22.8. The van der Waals surface area contributed by atoms with Crippen molar-refractivity contribution in [3.05, 3.63) is 118 Å². The molecule has 7 heteroatoms. The minimum Gasteiger partial charge on any atom is -0.508 e. The molecule has 40 heavy (non-hydrogen) atoms. The van der Waals surface area contributed by atoms with E-state index in [1.54, 1.807) is 60.7 Å². The van der Waals surface area contributed by atoms with Crippen molar-refractivity contribution in [3.63, 3.8) is 0 Å². The minimum atomic E-state index is -1.21. The Morgan fingerprint density at radius 3 is 1.48 bits per heavy atom. The number of benzene rings is 4. The van der Waals surface area contributed by atoms with Crippen molar-refractivity contribution < 1.29 is 34.8 Å².